The van der Waals surface area contributed by atoms with E-state index in [-0.39, 0.29) is 0 Å². The number of allylic oxidation sites excluding steroid dienone is 4. The maximum Gasteiger partial charge on any atom is 0.145 e. The van der Waals surface area contributed by atoms with Crippen LogP contribution in [0.3, 0.4) is 0 Å². The van der Waals surface area contributed by atoms with Crippen molar-refractivity contribution in [1.29, 1.82) is 0 Å². The first-order chi connectivity index (χ1) is 25.3. The fraction of sp³-hybridized carbons (Fsp3) is 0.167. The molecule has 3 heteroatoms. The summed E-state index contributed by atoms with van der Waals surface area (Å²) >= 11 is 0. The van der Waals surface area contributed by atoms with Gasteiger partial charge in [0.1, 0.15) is 11.2 Å². The van der Waals surface area contributed by atoms with Crippen LogP contribution in [0.4, 0.5) is 0 Å². The molecule has 9 aromatic rings. The summed E-state index contributed by atoms with van der Waals surface area (Å²) in [5.41, 5.74) is 11.1. The summed E-state index contributed by atoms with van der Waals surface area (Å²) in [7, 11) is 0. The number of hydrogen-bond acceptors (Lipinski definition) is 1. The number of rotatable bonds is 4. The van der Waals surface area contributed by atoms with Gasteiger partial charge in [0, 0.05) is 32.9 Å². The number of furan rings is 1. The quantitative estimate of drug-likeness (QED) is 0.171. The van der Waals surface area contributed by atoms with Gasteiger partial charge >= 0.3 is 0 Å². The molecule has 0 bridgehead atoms. The maximum atomic E-state index is 7.11. The molecule has 0 aliphatic heterocycles. The van der Waals surface area contributed by atoms with Gasteiger partial charge in [-0.25, -0.2) is 0 Å². The average molecular weight is 669 g/mol. The van der Waals surface area contributed by atoms with Crippen LogP contribution in [0.5, 0.6) is 0 Å². The molecule has 0 radical (unpaired) electrons. The lowest BCUT2D eigenvalue weighted by molar-refractivity contribution is 0.677. The minimum atomic E-state index is 0.927. The van der Waals surface area contributed by atoms with Crippen LogP contribution in [-0.2, 0) is 0 Å². The highest BCUT2D eigenvalue weighted by atomic mass is 16.3. The van der Waals surface area contributed by atoms with E-state index in [9.17, 15) is 0 Å². The van der Waals surface area contributed by atoms with Crippen molar-refractivity contribution >= 4 is 71.2 Å². The first-order valence-electron chi connectivity index (χ1n) is 18.5. The highest BCUT2D eigenvalue weighted by Crippen LogP contribution is 2.45. The van der Waals surface area contributed by atoms with Gasteiger partial charge in [-0.15, -0.1) is 0 Å². The van der Waals surface area contributed by atoms with E-state index in [1.807, 2.05) is 41.5 Å². The summed E-state index contributed by atoms with van der Waals surface area (Å²) in [6.07, 6.45) is 6.43. The third-order valence-corrected chi connectivity index (χ3v) is 9.18. The molecule has 0 saturated carbocycles. The lowest BCUT2D eigenvalue weighted by atomic mass is 10.0. The van der Waals surface area contributed by atoms with Crippen LogP contribution in [0.25, 0.3) is 88.1 Å². The summed E-state index contributed by atoms with van der Waals surface area (Å²) < 4.78 is 11.8. The summed E-state index contributed by atoms with van der Waals surface area (Å²) in [5.74, 6) is 0. The van der Waals surface area contributed by atoms with E-state index in [0.717, 1.165) is 60.6 Å². The Hall–Kier alpha value is -5.80. The Morgan fingerprint density at radius 2 is 1.06 bits per heavy atom. The van der Waals surface area contributed by atoms with Crippen LogP contribution in [0, 0.1) is 0 Å². The first-order valence-corrected chi connectivity index (χ1v) is 18.5. The molecule has 0 aliphatic carbocycles. The highest BCUT2D eigenvalue weighted by molar-refractivity contribution is 6.29. The summed E-state index contributed by atoms with van der Waals surface area (Å²) in [4.78, 5) is 0. The Morgan fingerprint density at radius 1 is 0.490 bits per heavy atom. The summed E-state index contributed by atoms with van der Waals surface area (Å²) in [6.45, 7) is 16.2. The zero-order valence-corrected chi connectivity index (χ0v) is 31.2. The monoisotopic (exact) mass is 668 g/mol. The lowest BCUT2D eigenvalue weighted by Gasteiger charge is -2.08. The average Bonchev–Trinajstić information content (AvgIpc) is 3.87. The fourth-order valence-electron chi connectivity index (χ4n) is 7.26. The molecule has 0 unspecified atom stereocenters. The molecular weight excluding hydrogens is 621 g/mol. The van der Waals surface area contributed by atoms with Crippen LogP contribution in [0.2, 0.25) is 0 Å². The Balaban J connectivity index is 0.000000712. The number of para-hydroxylation sites is 2. The second kappa shape index (κ2) is 15.4. The van der Waals surface area contributed by atoms with Gasteiger partial charge in [-0.05, 0) is 85.6 Å². The van der Waals surface area contributed by atoms with Gasteiger partial charge in [-0.3, -0.25) is 0 Å². The van der Waals surface area contributed by atoms with Crippen molar-refractivity contribution in [1.82, 2.24) is 9.13 Å². The van der Waals surface area contributed by atoms with E-state index in [4.69, 9.17) is 4.42 Å². The molecule has 0 amide bonds. The predicted molar refractivity (Wildman–Crippen MR) is 225 cm³/mol. The first kappa shape index (κ1) is 35.0. The minimum Gasteiger partial charge on any atom is -0.455 e. The van der Waals surface area contributed by atoms with E-state index in [1.54, 1.807) is 0 Å². The number of benzene rings is 6. The molecule has 3 nitrogen and oxygen atoms in total. The molecule has 0 N–H and O–H groups in total. The second-order valence-electron chi connectivity index (χ2n) is 11.6. The van der Waals surface area contributed by atoms with Gasteiger partial charge in [0.05, 0.1) is 32.8 Å². The largest absolute Gasteiger partial charge is 0.455 e. The van der Waals surface area contributed by atoms with Gasteiger partial charge in [-0.2, -0.15) is 0 Å². The van der Waals surface area contributed by atoms with E-state index >= 15 is 0 Å². The van der Waals surface area contributed by atoms with Crippen molar-refractivity contribution in [2.45, 2.75) is 55.4 Å². The van der Waals surface area contributed by atoms with Gasteiger partial charge in [0.2, 0.25) is 0 Å². The molecular formula is C48H48N2O. The summed E-state index contributed by atoms with van der Waals surface area (Å²) in [5, 5.41) is 6.93. The number of hydrogen-bond donors (Lipinski definition) is 0. The minimum absolute atomic E-state index is 0.927. The smallest absolute Gasteiger partial charge is 0.145 e. The van der Waals surface area contributed by atoms with Crippen LogP contribution in [0.15, 0.2) is 150 Å². The normalized spacial score (nSPS) is 11.6. The Kier molecular flexibility index (Phi) is 10.6. The van der Waals surface area contributed by atoms with Crippen molar-refractivity contribution < 1.29 is 4.42 Å². The molecule has 9 rings (SSSR count). The summed E-state index contributed by atoms with van der Waals surface area (Å²) in [6, 6.07) is 45.7. The lowest BCUT2D eigenvalue weighted by Crippen LogP contribution is -1.93. The van der Waals surface area contributed by atoms with Gasteiger partial charge in [-0.1, -0.05) is 126 Å². The van der Waals surface area contributed by atoms with Crippen LogP contribution >= 0.6 is 0 Å². The van der Waals surface area contributed by atoms with Crippen LogP contribution < -0.4 is 0 Å². The molecule has 3 aromatic heterocycles. The number of nitrogens with zero attached hydrogens (tertiary/aromatic N) is 2. The number of fused-ring (bicyclic) bond motifs is 11. The number of aromatic nitrogens is 2. The molecule has 6 aromatic carbocycles. The van der Waals surface area contributed by atoms with Crippen LogP contribution in [-0.4, -0.2) is 9.13 Å². The van der Waals surface area contributed by atoms with E-state index in [2.05, 4.69) is 169 Å². The molecule has 3 heterocycles. The van der Waals surface area contributed by atoms with E-state index in [0.29, 0.717) is 0 Å². The predicted octanol–water partition coefficient (Wildman–Crippen LogP) is 15.0. The van der Waals surface area contributed by atoms with Crippen molar-refractivity contribution in [3.05, 3.63) is 146 Å². The second-order valence-corrected chi connectivity index (χ2v) is 11.6. The molecule has 0 aliphatic rings. The standard InChI is InChI=1S/C42H30N2O.3C2H6/c1-3-13-29(4-2)43-35-19-12-11-18-33(35)39-37(43)24-21-31-32-22-25-38-40(42(32)45-41(31)39)34-26-28(27-14-7-5-8-15-27)20-23-36(34)44(38)30-16-9-6-10-17-30;3*1-2/h3-26H,1-2H3;3*1-2H3/b13-3-,29-4+;;;. The van der Waals surface area contributed by atoms with Gasteiger partial charge in [0.15, 0.2) is 0 Å². The SMILES string of the molecule is C/C=C\C(=C/C)n1c2ccccc2c2c3oc4c(ccc5c4c4cc(-c6ccccc6)ccc4n5-c4ccccc4)c3ccc21.CC.CC.CC. The van der Waals surface area contributed by atoms with E-state index < -0.39 is 0 Å². The van der Waals surface area contributed by atoms with Crippen molar-refractivity contribution in [2.75, 3.05) is 0 Å². The van der Waals surface area contributed by atoms with E-state index in [1.165, 1.54) is 27.4 Å². The molecule has 0 atom stereocenters. The van der Waals surface area contributed by atoms with Gasteiger partial charge in [0.25, 0.3) is 0 Å². The van der Waals surface area contributed by atoms with Crippen molar-refractivity contribution in [3.8, 4) is 16.8 Å². The molecule has 256 valence electrons. The maximum absolute atomic E-state index is 7.11. The topological polar surface area (TPSA) is 23.0 Å². The van der Waals surface area contributed by atoms with Crippen molar-refractivity contribution in [3.63, 3.8) is 0 Å². The molecule has 0 saturated heterocycles. The Bertz CT molecular complexity index is 2650. The Morgan fingerprint density at radius 3 is 1.71 bits per heavy atom. The molecule has 0 spiro atoms. The zero-order chi connectivity index (χ0) is 36.1. The van der Waals surface area contributed by atoms with Crippen molar-refractivity contribution in [2.24, 2.45) is 0 Å². The third kappa shape index (κ3) is 5.73. The van der Waals surface area contributed by atoms with Crippen LogP contribution in [0.1, 0.15) is 55.4 Å². The zero-order valence-electron chi connectivity index (χ0n) is 31.2. The molecule has 51 heavy (non-hydrogen) atoms. The fourth-order valence-corrected chi connectivity index (χ4v) is 7.26. The highest BCUT2D eigenvalue weighted by Gasteiger charge is 2.22. The molecule has 0 fully saturated rings. The Labute approximate surface area is 301 Å². The third-order valence-electron chi connectivity index (χ3n) is 9.18. The van der Waals surface area contributed by atoms with Gasteiger partial charge < -0.3 is 13.6 Å².